The van der Waals surface area contributed by atoms with E-state index >= 15 is 0 Å². The second-order valence-corrected chi connectivity index (χ2v) is 6.78. The quantitative estimate of drug-likeness (QED) is 0.625. The van der Waals surface area contributed by atoms with Crippen molar-refractivity contribution in [3.05, 3.63) is 82.6 Å². The lowest BCUT2D eigenvalue weighted by Gasteiger charge is -2.45. The van der Waals surface area contributed by atoms with E-state index in [4.69, 9.17) is 0 Å². The average Bonchev–Trinajstić information content (AvgIpc) is 2.79. The van der Waals surface area contributed by atoms with Crippen molar-refractivity contribution < 1.29 is 5.11 Å². The summed E-state index contributed by atoms with van der Waals surface area (Å²) in [5, 5.41) is 15.5. The van der Waals surface area contributed by atoms with Gasteiger partial charge in [-0.2, -0.15) is 0 Å². The number of nitrogens with zero attached hydrogens (tertiary/aromatic N) is 5. The summed E-state index contributed by atoms with van der Waals surface area (Å²) in [6.45, 7) is 1.88. The molecular formula is C21H19N5O3. The van der Waals surface area contributed by atoms with Crippen LogP contribution in [0.5, 0.6) is 5.75 Å². The Morgan fingerprint density at radius 1 is 0.552 bits per heavy atom. The molecule has 1 fully saturated rings. The fourth-order valence-electron chi connectivity index (χ4n) is 3.35. The number of hydrogen-bond donors (Lipinski definition) is 1. The first-order valence-electron chi connectivity index (χ1n) is 9.07. The van der Waals surface area contributed by atoms with Gasteiger partial charge in [0.25, 0.3) is 0 Å². The molecule has 0 saturated carbocycles. The summed E-state index contributed by atoms with van der Waals surface area (Å²) in [6, 6.07) is 21.3. The number of aromatic hydroxyl groups is 1. The molecule has 8 heteroatoms. The number of anilines is 3. The molecule has 3 aromatic rings. The van der Waals surface area contributed by atoms with Crippen LogP contribution in [0.4, 0.5) is 28.4 Å². The number of phenols is 1. The van der Waals surface area contributed by atoms with Crippen LogP contribution in [0, 0.1) is 9.81 Å². The van der Waals surface area contributed by atoms with E-state index in [9.17, 15) is 14.9 Å². The molecule has 0 aromatic heterocycles. The van der Waals surface area contributed by atoms with E-state index in [0.717, 1.165) is 17.1 Å². The van der Waals surface area contributed by atoms with E-state index in [-0.39, 0.29) is 5.75 Å². The lowest BCUT2D eigenvalue weighted by atomic mass is 10.2. The molecule has 8 nitrogen and oxygen atoms in total. The number of nitroso groups, excluding NO2 is 2. The lowest BCUT2D eigenvalue weighted by molar-refractivity contribution is 0.475. The van der Waals surface area contributed by atoms with E-state index in [0.29, 0.717) is 31.4 Å². The molecule has 0 aliphatic carbocycles. The van der Waals surface area contributed by atoms with Crippen molar-refractivity contribution in [3.8, 4) is 5.75 Å². The highest BCUT2D eigenvalue weighted by molar-refractivity contribution is 5.61. The first-order valence-corrected chi connectivity index (χ1v) is 9.07. The van der Waals surface area contributed by atoms with Gasteiger partial charge < -0.3 is 19.8 Å². The first-order chi connectivity index (χ1) is 14.2. The second-order valence-electron chi connectivity index (χ2n) is 6.78. The van der Waals surface area contributed by atoms with Crippen LogP contribution in [-0.4, -0.2) is 25.1 Å². The second kappa shape index (κ2) is 7.97. The maximum atomic E-state index is 10.7. The van der Waals surface area contributed by atoms with Crippen LogP contribution >= 0.6 is 0 Å². The van der Waals surface area contributed by atoms with Gasteiger partial charge in [-0.15, -0.1) is 9.81 Å². The topological polar surface area (TPSA) is 88.8 Å². The van der Waals surface area contributed by atoms with Gasteiger partial charge in [0, 0.05) is 17.1 Å². The minimum absolute atomic E-state index is 0.216. The van der Waals surface area contributed by atoms with E-state index in [1.165, 1.54) is 0 Å². The number of phenolic OH excluding ortho intramolecular Hbond substituents is 1. The van der Waals surface area contributed by atoms with Crippen LogP contribution in [0.1, 0.15) is 0 Å². The molecule has 0 bridgehead atoms. The van der Waals surface area contributed by atoms with Crippen LogP contribution in [-0.2, 0) is 0 Å². The number of benzene rings is 3. The molecule has 0 spiro atoms. The van der Waals surface area contributed by atoms with Gasteiger partial charge in [-0.1, -0.05) is 0 Å². The van der Waals surface area contributed by atoms with Gasteiger partial charge in [0.15, 0.2) is 0 Å². The van der Waals surface area contributed by atoms with Crippen LogP contribution in [0.15, 0.2) is 83.2 Å². The minimum Gasteiger partial charge on any atom is -0.508 e. The molecule has 0 atom stereocenters. The molecular weight excluding hydrogens is 370 g/mol. The highest BCUT2D eigenvalue weighted by atomic mass is 16.3. The van der Waals surface area contributed by atoms with Gasteiger partial charge in [-0.05, 0) is 83.2 Å². The summed E-state index contributed by atoms with van der Waals surface area (Å²) in [6.07, 6.45) is 0. The lowest BCUT2D eigenvalue weighted by Crippen LogP contribution is -2.55. The molecule has 29 heavy (non-hydrogen) atoms. The van der Waals surface area contributed by atoms with Crippen molar-refractivity contribution >= 4 is 28.4 Å². The maximum absolute atomic E-state index is 10.7. The fraction of sp³-hybridized carbons (Fsp3) is 0.143. The third-order valence-corrected chi connectivity index (χ3v) is 4.88. The molecule has 146 valence electrons. The van der Waals surface area contributed by atoms with E-state index in [2.05, 4.69) is 25.1 Å². The smallest absolute Gasteiger partial charge is 0.115 e. The normalized spacial score (nSPS) is 14.0. The molecule has 1 saturated heterocycles. The molecule has 4 rings (SSSR count). The Labute approximate surface area is 167 Å². The van der Waals surface area contributed by atoms with Crippen LogP contribution in [0.2, 0.25) is 0 Å². The highest BCUT2D eigenvalue weighted by Crippen LogP contribution is 2.29. The Hall–Kier alpha value is -3.94. The Kier molecular flexibility index (Phi) is 5.07. The summed E-state index contributed by atoms with van der Waals surface area (Å²) in [4.78, 5) is 27.9. The Bertz CT molecular complexity index is 931. The third kappa shape index (κ3) is 4.01. The molecule has 1 heterocycles. The molecule has 3 aromatic carbocycles. The van der Waals surface area contributed by atoms with E-state index in [1.807, 2.05) is 36.4 Å². The largest absolute Gasteiger partial charge is 0.508 e. The molecule has 0 unspecified atom stereocenters. The molecule has 1 aliphatic heterocycles. The van der Waals surface area contributed by atoms with Gasteiger partial charge in [0.05, 0.1) is 20.0 Å². The summed E-state index contributed by atoms with van der Waals surface area (Å²) in [5.41, 5.74) is 3.65. The van der Waals surface area contributed by atoms with Crippen molar-refractivity contribution in [2.45, 2.75) is 0 Å². The summed E-state index contributed by atoms with van der Waals surface area (Å²) in [5.74, 6) is 0.216. The fourth-order valence-corrected chi connectivity index (χ4v) is 3.35. The molecule has 1 aliphatic rings. The third-order valence-electron chi connectivity index (χ3n) is 4.88. The SMILES string of the molecule is O=Nc1ccc(N2CN(c3ccc(O)cc3)CN(c3ccc(N=O)cc3)C2)cc1. The highest BCUT2D eigenvalue weighted by Gasteiger charge is 2.24. The summed E-state index contributed by atoms with van der Waals surface area (Å²) < 4.78 is 0. The Morgan fingerprint density at radius 3 is 1.17 bits per heavy atom. The van der Waals surface area contributed by atoms with Gasteiger partial charge in [-0.3, -0.25) is 0 Å². The van der Waals surface area contributed by atoms with Crippen molar-refractivity contribution in [2.75, 3.05) is 34.7 Å². The van der Waals surface area contributed by atoms with E-state index in [1.54, 1.807) is 36.4 Å². The predicted octanol–water partition coefficient (Wildman–Crippen LogP) is 4.89. The van der Waals surface area contributed by atoms with Gasteiger partial charge >= 0.3 is 0 Å². The first kappa shape index (κ1) is 18.4. The Morgan fingerprint density at radius 2 is 0.862 bits per heavy atom. The zero-order chi connectivity index (χ0) is 20.2. The van der Waals surface area contributed by atoms with Gasteiger partial charge in [0.2, 0.25) is 0 Å². The zero-order valence-corrected chi connectivity index (χ0v) is 15.5. The van der Waals surface area contributed by atoms with Crippen LogP contribution < -0.4 is 14.7 Å². The molecule has 0 radical (unpaired) electrons. The summed E-state index contributed by atoms with van der Waals surface area (Å²) >= 11 is 0. The molecule has 1 N–H and O–H groups in total. The molecule has 0 amide bonds. The van der Waals surface area contributed by atoms with Crippen molar-refractivity contribution in [2.24, 2.45) is 10.4 Å². The number of hydrogen-bond acceptors (Lipinski definition) is 8. The number of rotatable bonds is 5. The Balaban J connectivity index is 1.65. The zero-order valence-electron chi connectivity index (χ0n) is 15.5. The van der Waals surface area contributed by atoms with Gasteiger partial charge in [0.1, 0.15) is 17.1 Å². The summed E-state index contributed by atoms with van der Waals surface area (Å²) in [7, 11) is 0. The van der Waals surface area contributed by atoms with Crippen LogP contribution in [0.3, 0.4) is 0 Å². The monoisotopic (exact) mass is 389 g/mol. The standard InChI is InChI=1S/C21H19N5O3/c27-21-11-9-20(10-12-21)26-14-24(18-5-1-16(22-28)2-6-18)13-25(15-26)19-7-3-17(23-29)4-8-19/h1-12,27H,13-15H2. The van der Waals surface area contributed by atoms with Crippen molar-refractivity contribution in [3.63, 3.8) is 0 Å². The van der Waals surface area contributed by atoms with Gasteiger partial charge in [-0.25, -0.2) is 0 Å². The van der Waals surface area contributed by atoms with Crippen molar-refractivity contribution in [1.29, 1.82) is 0 Å². The minimum atomic E-state index is 0.216. The maximum Gasteiger partial charge on any atom is 0.115 e. The average molecular weight is 389 g/mol. The predicted molar refractivity (Wildman–Crippen MR) is 114 cm³/mol. The van der Waals surface area contributed by atoms with Crippen LogP contribution in [0.25, 0.3) is 0 Å². The van der Waals surface area contributed by atoms with Crippen molar-refractivity contribution in [1.82, 2.24) is 0 Å². The van der Waals surface area contributed by atoms with E-state index < -0.39 is 0 Å².